The van der Waals surface area contributed by atoms with E-state index in [2.05, 4.69) is 4.74 Å². The zero-order valence-corrected chi connectivity index (χ0v) is 8.53. The van der Waals surface area contributed by atoms with Crippen LogP contribution in [0.25, 0.3) is 0 Å². The van der Waals surface area contributed by atoms with Crippen molar-refractivity contribution in [3.05, 3.63) is 21.4 Å². The second-order valence-corrected chi connectivity index (χ2v) is 3.90. The van der Waals surface area contributed by atoms with E-state index in [0.29, 0.717) is 10.4 Å². The molecule has 4 heteroatoms. The molecule has 0 aliphatic rings. The van der Waals surface area contributed by atoms with Crippen LogP contribution in [0.1, 0.15) is 31.8 Å². The van der Waals surface area contributed by atoms with Crippen molar-refractivity contribution >= 4 is 23.1 Å². The lowest BCUT2D eigenvalue weighted by atomic mass is 10.2. The van der Waals surface area contributed by atoms with Gasteiger partial charge in [-0.15, -0.1) is 11.3 Å². The van der Waals surface area contributed by atoms with Crippen molar-refractivity contribution in [1.29, 1.82) is 0 Å². The van der Waals surface area contributed by atoms with Crippen molar-refractivity contribution in [1.82, 2.24) is 0 Å². The van der Waals surface area contributed by atoms with Gasteiger partial charge >= 0.3 is 5.97 Å². The molecule has 0 spiro atoms. The fourth-order valence-electron chi connectivity index (χ4n) is 1.04. The van der Waals surface area contributed by atoms with Crippen LogP contribution in [-0.4, -0.2) is 18.9 Å². The Morgan fingerprint density at radius 1 is 1.46 bits per heavy atom. The number of hydrogen-bond acceptors (Lipinski definition) is 4. The Labute approximate surface area is 80.3 Å². The van der Waals surface area contributed by atoms with Crippen molar-refractivity contribution in [2.24, 2.45) is 0 Å². The molecule has 70 valence electrons. The summed E-state index contributed by atoms with van der Waals surface area (Å²) in [5.41, 5.74) is 0.373. The van der Waals surface area contributed by atoms with Gasteiger partial charge in [-0.3, -0.25) is 4.79 Å². The molecule has 0 aromatic carbocycles. The monoisotopic (exact) mass is 198 g/mol. The van der Waals surface area contributed by atoms with Crippen molar-refractivity contribution in [2.75, 3.05) is 7.11 Å². The minimum absolute atomic E-state index is 0.0986. The van der Waals surface area contributed by atoms with Crippen LogP contribution < -0.4 is 0 Å². The maximum absolute atomic E-state index is 11.2. The van der Waals surface area contributed by atoms with Gasteiger partial charge in [-0.1, -0.05) is 0 Å². The molecule has 13 heavy (non-hydrogen) atoms. The Hall–Kier alpha value is -1.16. The molecule has 0 unspecified atom stereocenters. The summed E-state index contributed by atoms with van der Waals surface area (Å²) >= 11 is 1.32. The number of ether oxygens (including phenoxy) is 1. The second-order valence-electron chi connectivity index (χ2n) is 2.65. The summed E-state index contributed by atoms with van der Waals surface area (Å²) in [5.74, 6) is -0.548. The number of carbonyl (C=O) groups is 2. The molecule has 1 aromatic rings. The van der Waals surface area contributed by atoms with Crippen LogP contribution in [0, 0.1) is 6.92 Å². The highest BCUT2D eigenvalue weighted by atomic mass is 32.1. The number of rotatable bonds is 2. The Kier molecular flexibility index (Phi) is 2.83. The van der Waals surface area contributed by atoms with Gasteiger partial charge < -0.3 is 4.74 Å². The fourth-order valence-corrected chi connectivity index (χ4v) is 1.93. The summed E-state index contributed by atoms with van der Waals surface area (Å²) in [7, 11) is 1.30. The summed E-state index contributed by atoms with van der Waals surface area (Å²) in [4.78, 5) is 23.7. The number of ketones is 1. The Bertz CT molecular complexity index is 352. The minimum Gasteiger partial charge on any atom is -0.465 e. The topological polar surface area (TPSA) is 43.4 Å². The zero-order chi connectivity index (χ0) is 10.0. The Morgan fingerprint density at radius 2 is 2.08 bits per heavy atom. The molecular weight excluding hydrogens is 188 g/mol. The van der Waals surface area contributed by atoms with E-state index < -0.39 is 5.97 Å². The van der Waals surface area contributed by atoms with Crippen molar-refractivity contribution in [2.45, 2.75) is 13.8 Å². The van der Waals surface area contributed by atoms with Crippen LogP contribution in [-0.2, 0) is 4.74 Å². The van der Waals surface area contributed by atoms with E-state index in [9.17, 15) is 9.59 Å². The van der Waals surface area contributed by atoms with Crippen LogP contribution >= 0.6 is 11.3 Å². The number of methoxy groups -OCH3 is 1. The van der Waals surface area contributed by atoms with E-state index in [1.54, 1.807) is 6.07 Å². The summed E-state index contributed by atoms with van der Waals surface area (Å²) in [6, 6.07) is 1.67. The highest BCUT2D eigenvalue weighted by Crippen LogP contribution is 2.22. The maximum Gasteiger partial charge on any atom is 0.339 e. The molecule has 0 atom stereocenters. The quantitative estimate of drug-likeness (QED) is 0.539. The van der Waals surface area contributed by atoms with Crippen molar-refractivity contribution in [3.8, 4) is 0 Å². The van der Waals surface area contributed by atoms with E-state index >= 15 is 0 Å². The summed E-state index contributed by atoms with van der Waals surface area (Å²) in [6.45, 7) is 3.29. The van der Waals surface area contributed by atoms with Gasteiger partial charge in [0.15, 0.2) is 5.78 Å². The summed E-state index contributed by atoms with van der Waals surface area (Å²) in [5, 5.41) is 0. The van der Waals surface area contributed by atoms with E-state index in [0.717, 1.165) is 4.88 Å². The lowest BCUT2D eigenvalue weighted by Crippen LogP contribution is -2.04. The summed E-state index contributed by atoms with van der Waals surface area (Å²) < 4.78 is 4.56. The van der Waals surface area contributed by atoms with Gasteiger partial charge in [0.25, 0.3) is 0 Å². The highest BCUT2D eigenvalue weighted by molar-refractivity contribution is 7.14. The smallest absolute Gasteiger partial charge is 0.339 e. The zero-order valence-electron chi connectivity index (χ0n) is 7.71. The van der Waals surface area contributed by atoms with Gasteiger partial charge in [0.2, 0.25) is 0 Å². The van der Waals surface area contributed by atoms with Gasteiger partial charge in [-0.05, 0) is 19.9 Å². The third-order valence-electron chi connectivity index (χ3n) is 1.58. The average Bonchev–Trinajstić information content (AvgIpc) is 2.46. The number of Topliss-reactive ketones (excluding diaryl/α,β-unsaturated/α-hetero) is 1. The molecule has 1 aromatic heterocycles. The predicted octanol–water partition coefficient (Wildman–Crippen LogP) is 2.05. The first-order valence-corrected chi connectivity index (χ1v) is 4.57. The maximum atomic E-state index is 11.2. The molecule has 0 aliphatic carbocycles. The third-order valence-corrected chi connectivity index (χ3v) is 2.73. The molecule has 1 heterocycles. The van der Waals surface area contributed by atoms with E-state index in [4.69, 9.17) is 0 Å². The van der Waals surface area contributed by atoms with Crippen molar-refractivity contribution < 1.29 is 14.3 Å². The summed E-state index contributed by atoms with van der Waals surface area (Å²) in [6.07, 6.45) is 0. The second kappa shape index (κ2) is 3.70. The number of thiophene rings is 1. The van der Waals surface area contributed by atoms with Gasteiger partial charge in [0.1, 0.15) is 0 Å². The molecule has 0 fully saturated rings. The molecule has 0 N–H and O–H groups in total. The molecule has 0 radical (unpaired) electrons. The molecule has 0 saturated carbocycles. The number of hydrogen-bond donors (Lipinski definition) is 0. The molecular formula is C9H10O3S. The molecule has 0 saturated heterocycles. The highest BCUT2D eigenvalue weighted by Gasteiger charge is 2.17. The number of esters is 1. The minimum atomic E-state index is -0.449. The van der Waals surface area contributed by atoms with Crippen LogP contribution in [0.15, 0.2) is 6.07 Å². The number of aryl methyl sites for hydroxylation is 1. The van der Waals surface area contributed by atoms with Gasteiger partial charge in [0.05, 0.1) is 17.6 Å². The molecule has 0 aliphatic heterocycles. The van der Waals surface area contributed by atoms with Crippen LogP contribution in [0.4, 0.5) is 0 Å². The van der Waals surface area contributed by atoms with E-state index in [1.165, 1.54) is 25.4 Å². The first-order chi connectivity index (χ1) is 6.06. The molecule has 0 bridgehead atoms. The van der Waals surface area contributed by atoms with E-state index in [-0.39, 0.29) is 5.78 Å². The lowest BCUT2D eigenvalue weighted by Gasteiger charge is -1.96. The third kappa shape index (κ3) is 1.95. The van der Waals surface area contributed by atoms with Gasteiger partial charge in [-0.25, -0.2) is 4.79 Å². The van der Waals surface area contributed by atoms with Gasteiger partial charge in [-0.2, -0.15) is 0 Å². The van der Waals surface area contributed by atoms with Crippen LogP contribution in [0.5, 0.6) is 0 Å². The van der Waals surface area contributed by atoms with Crippen LogP contribution in [0.3, 0.4) is 0 Å². The predicted molar refractivity (Wildman–Crippen MR) is 50.4 cm³/mol. The first kappa shape index (κ1) is 9.92. The SMILES string of the molecule is COC(=O)c1cc(C)sc1C(C)=O. The number of carbonyl (C=O) groups excluding carboxylic acids is 2. The van der Waals surface area contributed by atoms with Crippen molar-refractivity contribution in [3.63, 3.8) is 0 Å². The van der Waals surface area contributed by atoms with Crippen LogP contribution in [0.2, 0.25) is 0 Å². The molecule has 1 rings (SSSR count). The largest absolute Gasteiger partial charge is 0.465 e. The molecule has 3 nitrogen and oxygen atoms in total. The molecule has 0 amide bonds. The Morgan fingerprint density at radius 3 is 2.54 bits per heavy atom. The average molecular weight is 198 g/mol. The fraction of sp³-hybridized carbons (Fsp3) is 0.333. The Balaban J connectivity index is 3.19. The normalized spacial score (nSPS) is 9.77. The van der Waals surface area contributed by atoms with Gasteiger partial charge in [0, 0.05) is 4.88 Å². The first-order valence-electron chi connectivity index (χ1n) is 3.76. The standard InChI is InChI=1S/C9H10O3S/c1-5-4-7(9(11)12-3)8(13-5)6(2)10/h4H,1-3H3. The van der Waals surface area contributed by atoms with E-state index in [1.807, 2.05) is 6.92 Å². The lowest BCUT2D eigenvalue weighted by molar-refractivity contribution is 0.0598.